The molecule has 0 aliphatic rings. The van der Waals surface area contributed by atoms with Crippen LogP contribution >= 0.6 is 23.8 Å². The lowest BCUT2D eigenvalue weighted by atomic mass is 10.2. The molecule has 0 fully saturated rings. The minimum atomic E-state index is -0.570. The molecule has 9 heteroatoms. The number of anilines is 1. The molecule has 0 unspecified atom stereocenters. The molecule has 0 atom stereocenters. The van der Waals surface area contributed by atoms with Crippen LogP contribution in [0.5, 0.6) is 5.75 Å². The number of benzene rings is 2. The Hall–Kier alpha value is -2.71. The van der Waals surface area contributed by atoms with Crippen molar-refractivity contribution in [2.75, 3.05) is 12.4 Å². The average molecular weight is 366 g/mol. The van der Waals surface area contributed by atoms with Crippen molar-refractivity contribution in [2.45, 2.75) is 0 Å². The number of rotatable bonds is 4. The number of amides is 1. The number of methoxy groups -OCH3 is 1. The van der Waals surface area contributed by atoms with E-state index in [1.807, 2.05) is 0 Å². The van der Waals surface area contributed by atoms with Crippen LogP contribution in [0.3, 0.4) is 0 Å². The van der Waals surface area contributed by atoms with Crippen molar-refractivity contribution < 1.29 is 14.5 Å². The minimum absolute atomic E-state index is 0.00872. The molecule has 1 amide bonds. The van der Waals surface area contributed by atoms with Gasteiger partial charge in [0, 0.05) is 22.3 Å². The fourth-order valence-electron chi connectivity index (χ4n) is 1.85. The first-order valence-electron chi connectivity index (χ1n) is 6.61. The van der Waals surface area contributed by atoms with Crippen molar-refractivity contribution in [3.8, 4) is 5.75 Å². The molecule has 0 saturated heterocycles. The fourth-order valence-corrected chi connectivity index (χ4v) is 2.19. The Labute approximate surface area is 147 Å². The van der Waals surface area contributed by atoms with Crippen LogP contribution in [0.1, 0.15) is 10.4 Å². The van der Waals surface area contributed by atoms with Gasteiger partial charge in [0.2, 0.25) is 0 Å². The zero-order valence-electron chi connectivity index (χ0n) is 12.4. The summed E-state index contributed by atoms with van der Waals surface area (Å²) >= 11 is 10.8. The van der Waals surface area contributed by atoms with Crippen LogP contribution in [0.25, 0.3) is 0 Å². The second-order valence-electron chi connectivity index (χ2n) is 4.56. The highest BCUT2D eigenvalue weighted by atomic mass is 35.5. The van der Waals surface area contributed by atoms with Gasteiger partial charge in [-0.1, -0.05) is 11.6 Å². The van der Waals surface area contributed by atoms with E-state index < -0.39 is 10.8 Å². The van der Waals surface area contributed by atoms with Crippen LogP contribution < -0.4 is 15.4 Å². The number of carbonyl (C=O) groups excluding carboxylic acids is 1. The third-order valence-electron chi connectivity index (χ3n) is 2.97. The van der Waals surface area contributed by atoms with Crippen LogP contribution in [0.4, 0.5) is 11.4 Å². The standard InChI is InChI=1S/C15H12ClN3O4S/c1-23-13-7-6-11(8-12(13)19(21)22)17-15(24)18-14(20)9-2-4-10(16)5-3-9/h2-8H,1H3,(H2,17,18,20,24). The first-order valence-corrected chi connectivity index (χ1v) is 7.39. The van der Waals surface area contributed by atoms with Gasteiger partial charge in [0.25, 0.3) is 5.91 Å². The summed E-state index contributed by atoms with van der Waals surface area (Å²) in [6.07, 6.45) is 0. The largest absolute Gasteiger partial charge is 0.490 e. The monoisotopic (exact) mass is 365 g/mol. The van der Waals surface area contributed by atoms with Crippen molar-refractivity contribution in [1.29, 1.82) is 0 Å². The number of hydrogen-bond acceptors (Lipinski definition) is 5. The Bertz CT molecular complexity index is 796. The Morgan fingerprint density at radius 3 is 2.50 bits per heavy atom. The topological polar surface area (TPSA) is 93.5 Å². The average Bonchev–Trinajstić information content (AvgIpc) is 2.55. The van der Waals surface area contributed by atoms with Gasteiger partial charge in [0.05, 0.1) is 12.0 Å². The highest BCUT2D eigenvalue weighted by molar-refractivity contribution is 7.80. The number of nitro benzene ring substituents is 1. The molecule has 0 aromatic heterocycles. The number of nitrogens with one attached hydrogen (secondary N) is 2. The van der Waals surface area contributed by atoms with E-state index in [1.54, 1.807) is 30.3 Å². The molecule has 0 aliphatic heterocycles. The van der Waals surface area contributed by atoms with Crippen molar-refractivity contribution in [3.05, 3.63) is 63.2 Å². The maximum Gasteiger partial charge on any atom is 0.312 e. The molecule has 124 valence electrons. The second-order valence-corrected chi connectivity index (χ2v) is 5.40. The summed E-state index contributed by atoms with van der Waals surface area (Å²) in [7, 11) is 1.34. The third kappa shape index (κ3) is 4.40. The first kappa shape index (κ1) is 17.6. The van der Waals surface area contributed by atoms with Crippen LogP contribution in [0.15, 0.2) is 42.5 Å². The molecule has 0 heterocycles. The van der Waals surface area contributed by atoms with Gasteiger partial charge in [-0.25, -0.2) is 0 Å². The van der Waals surface area contributed by atoms with Gasteiger partial charge in [0.1, 0.15) is 0 Å². The molecule has 2 rings (SSSR count). The van der Waals surface area contributed by atoms with E-state index in [0.29, 0.717) is 16.3 Å². The van der Waals surface area contributed by atoms with Gasteiger partial charge < -0.3 is 10.1 Å². The summed E-state index contributed by atoms with van der Waals surface area (Å²) in [5, 5.41) is 16.7. The molecule has 2 N–H and O–H groups in total. The molecule has 0 spiro atoms. The number of nitrogens with zero attached hydrogens (tertiary/aromatic N) is 1. The zero-order valence-corrected chi connectivity index (χ0v) is 14.0. The summed E-state index contributed by atoms with van der Waals surface area (Å²) in [6.45, 7) is 0. The Morgan fingerprint density at radius 1 is 1.25 bits per heavy atom. The highest BCUT2D eigenvalue weighted by Gasteiger charge is 2.16. The van der Waals surface area contributed by atoms with Gasteiger partial charge >= 0.3 is 5.69 Å². The number of hydrogen-bond donors (Lipinski definition) is 2. The quantitative estimate of drug-likeness (QED) is 0.490. The Balaban J connectivity index is 2.07. The van der Waals surface area contributed by atoms with Gasteiger partial charge in [-0.3, -0.25) is 20.2 Å². The fraction of sp³-hybridized carbons (Fsp3) is 0.0667. The van der Waals surface area contributed by atoms with E-state index in [2.05, 4.69) is 10.6 Å². The number of halogens is 1. The number of ether oxygens (including phenoxy) is 1. The molecule has 7 nitrogen and oxygen atoms in total. The van der Waals surface area contributed by atoms with Crippen LogP contribution in [0, 0.1) is 10.1 Å². The van der Waals surface area contributed by atoms with E-state index >= 15 is 0 Å². The van der Waals surface area contributed by atoms with E-state index in [9.17, 15) is 14.9 Å². The number of nitro groups is 1. The van der Waals surface area contributed by atoms with E-state index in [-0.39, 0.29) is 16.5 Å². The summed E-state index contributed by atoms with van der Waals surface area (Å²) in [5.41, 5.74) is 0.516. The summed E-state index contributed by atoms with van der Waals surface area (Å²) in [5.74, 6) is -0.297. The first-order chi connectivity index (χ1) is 11.4. The summed E-state index contributed by atoms with van der Waals surface area (Å²) < 4.78 is 4.92. The van der Waals surface area contributed by atoms with Crippen LogP contribution in [-0.2, 0) is 0 Å². The molecular formula is C15H12ClN3O4S. The lowest BCUT2D eigenvalue weighted by Gasteiger charge is -2.10. The Kier molecular flexibility index (Phi) is 5.67. The van der Waals surface area contributed by atoms with Gasteiger partial charge in [-0.2, -0.15) is 0 Å². The van der Waals surface area contributed by atoms with Gasteiger partial charge in [-0.15, -0.1) is 0 Å². The highest BCUT2D eigenvalue weighted by Crippen LogP contribution is 2.29. The maximum absolute atomic E-state index is 12.0. The molecular weight excluding hydrogens is 354 g/mol. The van der Waals surface area contributed by atoms with Crippen molar-refractivity contribution in [3.63, 3.8) is 0 Å². The lowest BCUT2D eigenvalue weighted by molar-refractivity contribution is -0.385. The van der Waals surface area contributed by atoms with Crippen molar-refractivity contribution in [1.82, 2.24) is 5.32 Å². The zero-order chi connectivity index (χ0) is 17.7. The molecule has 0 aliphatic carbocycles. The van der Waals surface area contributed by atoms with Crippen LogP contribution in [0.2, 0.25) is 5.02 Å². The van der Waals surface area contributed by atoms with E-state index in [1.165, 1.54) is 19.2 Å². The van der Waals surface area contributed by atoms with Crippen molar-refractivity contribution >= 4 is 46.2 Å². The second kappa shape index (κ2) is 7.71. The van der Waals surface area contributed by atoms with Gasteiger partial charge in [-0.05, 0) is 48.6 Å². The summed E-state index contributed by atoms with van der Waals surface area (Å²) in [4.78, 5) is 22.4. The molecule has 0 saturated carbocycles. The molecule has 24 heavy (non-hydrogen) atoms. The molecule has 0 bridgehead atoms. The lowest BCUT2D eigenvalue weighted by Crippen LogP contribution is -2.34. The van der Waals surface area contributed by atoms with Gasteiger partial charge in [0.15, 0.2) is 10.9 Å². The molecule has 0 radical (unpaired) electrons. The number of thiocarbonyl (C=S) groups is 1. The smallest absolute Gasteiger partial charge is 0.312 e. The maximum atomic E-state index is 12.0. The molecule has 2 aromatic rings. The minimum Gasteiger partial charge on any atom is -0.490 e. The SMILES string of the molecule is COc1ccc(NC(=S)NC(=O)c2ccc(Cl)cc2)cc1[N+](=O)[O-]. The summed E-state index contributed by atoms with van der Waals surface area (Å²) in [6, 6.07) is 10.5. The van der Waals surface area contributed by atoms with E-state index in [4.69, 9.17) is 28.6 Å². The number of carbonyl (C=O) groups is 1. The third-order valence-corrected chi connectivity index (χ3v) is 3.42. The predicted octanol–water partition coefficient (Wildman–Crippen LogP) is 3.38. The molecule has 2 aromatic carbocycles. The Morgan fingerprint density at radius 2 is 1.92 bits per heavy atom. The van der Waals surface area contributed by atoms with Crippen molar-refractivity contribution in [2.24, 2.45) is 0 Å². The predicted molar refractivity (Wildman–Crippen MR) is 94.8 cm³/mol. The van der Waals surface area contributed by atoms with E-state index in [0.717, 1.165) is 0 Å². The van der Waals surface area contributed by atoms with Crippen LogP contribution in [-0.4, -0.2) is 23.1 Å². The normalized spacial score (nSPS) is 9.92.